The molecule has 10 aromatic rings. The molecule has 10 rings (SSSR count). The van der Waals surface area contributed by atoms with Crippen molar-refractivity contribution < 1.29 is 8.83 Å². The van der Waals surface area contributed by atoms with Crippen LogP contribution in [0.25, 0.3) is 94.5 Å². The van der Waals surface area contributed by atoms with Gasteiger partial charge in [-0.3, -0.25) is 0 Å². The van der Waals surface area contributed by atoms with E-state index in [0.717, 1.165) is 60.8 Å². The van der Waals surface area contributed by atoms with E-state index in [0.29, 0.717) is 11.8 Å². The van der Waals surface area contributed by atoms with E-state index in [1.165, 1.54) is 44.2 Å². The maximum atomic E-state index is 6.34. The van der Waals surface area contributed by atoms with Crippen LogP contribution in [0.5, 0.6) is 0 Å². The van der Waals surface area contributed by atoms with Gasteiger partial charge in [-0.15, -0.1) is 0 Å². The maximum Gasteiger partial charge on any atom is 0.227 e. The number of benzene rings is 7. The third-order valence-corrected chi connectivity index (χ3v) is 10.5. The van der Waals surface area contributed by atoms with E-state index in [4.69, 9.17) is 18.8 Å². The normalized spacial score (nSPS) is 11.9. The lowest BCUT2D eigenvalue weighted by molar-refractivity contribution is 0.619. The summed E-state index contributed by atoms with van der Waals surface area (Å²) in [5.41, 5.74) is 15.5. The molecule has 0 unspecified atom stereocenters. The Hall–Kier alpha value is -6.46. The molecule has 5 nitrogen and oxygen atoms in total. The summed E-state index contributed by atoms with van der Waals surface area (Å²) in [6.45, 7) is 8.42. The average molecular weight is 660 g/mol. The van der Waals surface area contributed by atoms with Crippen molar-refractivity contribution >= 4 is 54.8 Å². The maximum absolute atomic E-state index is 6.34. The van der Waals surface area contributed by atoms with Crippen molar-refractivity contribution in [2.24, 2.45) is 0 Å². The molecule has 0 fully saturated rings. The molecule has 0 aliphatic rings. The molecule has 0 spiro atoms. The Labute approximate surface area is 294 Å². The third-order valence-electron chi connectivity index (χ3n) is 10.5. The summed E-state index contributed by atoms with van der Waals surface area (Å²) in [6, 6.07) is 45.3. The highest BCUT2D eigenvalue weighted by atomic mass is 16.4. The summed E-state index contributed by atoms with van der Waals surface area (Å²) in [5, 5.41) is 4.76. The summed E-state index contributed by atoms with van der Waals surface area (Å²) in [4.78, 5) is 9.81. The predicted octanol–water partition coefficient (Wildman–Crippen LogP) is 12.5. The van der Waals surface area contributed by atoms with Crippen LogP contribution < -0.4 is 0 Å². The van der Waals surface area contributed by atoms with E-state index in [-0.39, 0.29) is 0 Å². The standard InChI is InChI=1S/C46H33N3O2/c1-26-19-39-43(21-28(26)3)50-45(47-39)34-13-17-37-38-18-14-35(46-48-40-20-27(2)29(4)22-44(40)51-46)25-42(38)49(41(37)24-34)36-15-11-31(12-16-36)33-10-9-30-7-5-6-8-32(30)23-33/h5-25H,1-4H3. The van der Waals surface area contributed by atoms with Crippen LogP contribution in [0.2, 0.25) is 0 Å². The van der Waals surface area contributed by atoms with E-state index in [2.05, 4.69) is 160 Å². The highest BCUT2D eigenvalue weighted by Gasteiger charge is 2.19. The van der Waals surface area contributed by atoms with Gasteiger partial charge < -0.3 is 13.4 Å². The van der Waals surface area contributed by atoms with E-state index >= 15 is 0 Å². The van der Waals surface area contributed by atoms with Crippen molar-refractivity contribution in [2.75, 3.05) is 0 Å². The number of oxazole rings is 2. The van der Waals surface area contributed by atoms with Gasteiger partial charge in [-0.2, -0.15) is 0 Å². The number of fused-ring (bicyclic) bond motifs is 6. The van der Waals surface area contributed by atoms with Gasteiger partial charge >= 0.3 is 0 Å². The number of hydrogen-bond acceptors (Lipinski definition) is 4. The van der Waals surface area contributed by atoms with E-state index < -0.39 is 0 Å². The molecular weight excluding hydrogens is 627 g/mol. The van der Waals surface area contributed by atoms with Gasteiger partial charge in [0.05, 0.1) is 11.0 Å². The van der Waals surface area contributed by atoms with Crippen LogP contribution in [0.3, 0.4) is 0 Å². The van der Waals surface area contributed by atoms with Crippen LogP contribution in [-0.2, 0) is 0 Å². The molecule has 0 saturated heterocycles. The van der Waals surface area contributed by atoms with Crippen LogP contribution in [0.4, 0.5) is 0 Å². The fourth-order valence-corrected chi connectivity index (χ4v) is 7.34. The number of nitrogens with zero attached hydrogens (tertiary/aromatic N) is 3. The lowest BCUT2D eigenvalue weighted by Crippen LogP contribution is -1.94. The van der Waals surface area contributed by atoms with Crippen molar-refractivity contribution in [2.45, 2.75) is 27.7 Å². The molecule has 0 amide bonds. The molecular formula is C46H33N3O2. The topological polar surface area (TPSA) is 57.0 Å². The summed E-state index contributed by atoms with van der Waals surface area (Å²) in [5.74, 6) is 1.22. The van der Waals surface area contributed by atoms with Crippen LogP contribution >= 0.6 is 0 Å². The Morgan fingerprint density at radius 3 is 1.49 bits per heavy atom. The van der Waals surface area contributed by atoms with Gasteiger partial charge in [-0.05, 0) is 139 Å². The summed E-state index contributed by atoms with van der Waals surface area (Å²) in [7, 11) is 0. The van der Waals surface area contributed by atoms with Gasteiger partial charge in [-0.25, -0.2) is 9.97 Å². The molecule has 0 radical (unpaired) electrons. The van der Waals surface area contributed by atoms with Gasteiger partial charge in [-0.1, -0.05) is 60.7 Å². The van der Waals surface area contributed by atoms with Gasteiger partial charge in [0, 0.05) is 27.6 Å². The molecule has 0 aliphatic carbocycles. The van der Waals surface area contributed by atoms with Crippen LogP contribution in [0.1, 0.15) is 22.3 Å². The Morgan fingerprint density at radius 2 is 0.922 bits per heavy atom. The van der Waals surface area contributed by atoms with E-state index in [9.17, 15) is 0 Å². The molecule has 244 valence electrons. The Bertz CT molecular complexity index is 2790. The molecule has 0 N–H and O–H groups in total. The summed E-state index contributed by atoms with van der Waals surface area (Å²) >= 11 is 0. The second-order valence-electron chi connectivity index (χ2n) is 13.8. The Balaban J connectivity index is 1.16. The van der Waals surface area contributed by atoms with Gasteiger partial charge in [0.15, 0.2) is 11.2 Å². The smallest absolute Gasteiger partial charge is 0.227 e. The molecule has 0 atom stereocenters. The second kappa shape index (κ2) is 11.0. The number of aromatic nitrogens is 3. The molecule has 5 heteroatoms. The first-order chi connectivity index (χ1) is 24.9. The number of rotatable bonds is 4. The first-order valence-corrected chi connectivity index (χ1v) is 17.3. The predicted molar refractivity (Wildman–Crippen MR) is 209 cm³/mol. The first-order valence-electron chi connectivity index (χ1n) is 17.3. The number of hydrogen-bond donors (Lipinski definition) is 0. The SMILES string of the molecule is Cc1cc2nc(-c3ccc4c5ccc(-c6nc7cc(C)c(C)cc7o6)cc5n(-c5ccc(-c6ccc7ccccc7c6)cc5)c4c3)oc2cc1C. The minimum atomic E-state index is 0.609. The first kappa shape index (κ1) is 29.5. The van der Waals surface area contributed by atoms with Crippen LogP contribution in [-0.4, -0.2) is 14.5 Å². The highest BCUT2D eigenvalue weighted by Crippen LogP contribution is 2.38. The lowest BCUT2D eigenvalue weighted by Gasteiger charge is -2.11. The zero-order valence-corrected chi connectivity index (χ0v) is 28.8. The zero-order valence-electron chi connectivity index (χ0n) is 28.8. The molecule has 0 bridgehead atoms. The number of aryl methyl sites for hydroxylation is 4. The largest absolute Gasteiger partial charge is 0.436 e. The molecule has 51 heavy (non-hydrogen) atoms. The van der Waals surface area contributed by atoms with Crippen LogP contribution in [0, 0.1) is 27.7 Å². The molecule has 3 aromatic heterocycles. The monoisotopic (exact) mass is 659 g/mol. The Morgan fingerprint density at radius 1 is 0.431 bits per heavy atom. The molecule has 0 saturated carbocycles. The van der Waals surface area contributed by atoms with Crippen molar-refractivity contribution in [3.05, 3.63) is 150 Å². The van der Waals surface area contributed by atoms with E-state index in [1.807, 2.05) is 0 Å². The molecule has 7 aromatic carbocycles. The Kier molecular flexibility index (Phi) is 6.37. The fraction of sp³-hybridized carbons (Fsp3) is 0.0870. The summed E-state index contributed by atoms with van der Waals surface area (Å²) < 4.78 is 15.0. The molecule has 3 heterocycles. The van der Waals surface area contributed by atoms with Crippen molar-refractivity contribution in [1.82, 2.24) is 14.5 Å². The lowest BCUT2D eigenvalue weighted by atomic mass is 10.0. The van der Waals surface area contributed by atoms with E-state index in [1.54, 1.807) is 0 Å². The highest BCUT2D eigenvalue weighted by molar-refractivity contribution is 6.11. The molecule has 0 aliphatic heterocycles. The van der Waals surface area contributed by atoms with Gasteiger partial charge in [0.25, 0.3) is 0 Å². The summed E-state index contributed by atoms with van der Waals surface area (Å²) in [6.07, 6.45) is 0. The van der Waals surface area contributed by atoms with Crippen LogP contribution in [0.15, 0.2) is 136 Å². The minimum absolute atomic E-state index is 0.609. The quantitative estimate of drug-likeness (QED) is 0.189. The van der Waals surface area contributed by atoms with Gasteiger partial charge in [0.2, 0.25) is 11.8 Å². The zero-order chi connectivity index (χ0) is 34.4. The fourth-order valence-electron chi connectivity index (χ4n) is 7.34. The van der Waals surface area contributed by atoms with Crippen molar-refractivity contribution in [1.29, 1.82) is 0 Å². The van der Waals surface area contributed by atoms with Crippen molar-refractivity contribution in [3.8, 4) is 39.7 Å². The average Bonchev–Trinajstić information content (AvgIpc) is 3.84. The van der Waals surface area contributed by atoms with Gasteiger partial charge in [0.1, 0.15) is 11.0 Å². The third kappa shape index (κ3) is 4.77. The minimum Gasteiger partial charge on any atom is -0.436 e. The van der Waals surface area contributed by atoms with Crippen molar-refractivity contribution in [3.63, 3.8) is 0 Å². The second-order valence-corrected chi connectivity index (χ2v) is 13.8.